The van der Waals surface area contributed by atoms with Gasteiger partial charge in [-0.05, 0) is 24.6 Å². The van der Waals surface area contributed by atoms with E-state index in [1.165, 1.54) is 22.7 Å². The van der Waals surface area contributed by atoms with Crippen LogP contribution in [0.2, 0.25) is 0 Å². The number of aryl methyl sites for hydroxylation is 1. The van der Waals surface area contributed by atoms with E-state index >= 15 is 0 Å². The van der Waals surface area contributed by atoms with E-state index in [2.05, 4.69) is 10.1 Å². The predicted molar refractivity (Wildman–Crippen MR) is 81.5 cm³/mol. The van der Waals surface area contributed by atoms with Crippen molar-refractivity contribution in [3.05, 3.63) is 57.9 Å². The number of hydrogen-bond donors (Lipinski definition) is 1. The van der Waals surface area contributed by atoms with Crippen molar-refractivity contribution in [2.45, 2.75) is 13.3 Å². The van der Waals surface area contributed by atoms with Crippen LogP contribution in [-0.4, -0.2) is 28.3 Å². The Morgan fingerprint density at radius 1 is 1.32 bits per heavy atom. The first-order chi connectivity index (χ1) is 10.6. The van der Waals surface area contributed by atoms with E-state index < -0.39 is 0 Å². The third kappa shape index (κ3) is 2.53. The van der Waals surface area contributed by atoms with Gasteiger partial charge in [-0.25, -0.2) is 13.9 Å². The molecule has 0 aliphatic rings. The van der Waals surface area contributed by atoms with Gasteiger partial charge in [0.15, 0.2) is 5.65 Å². The highest BCUT2D eigenvalue weighted by molar-refractivity contribution is 5.79. The van der Waals surface area contributed by atoms with Crippen molar-refractivity contribution in [1.29, 1.82) is 0 Å². The molecule has 0 aliphatic heterocycles. The highest BCUT2D eigenvalue weighted by Gasteiger charge is 2.14. The number of rotatable bonds is 4. The van der Waals surface area contributed by atoms with E-state index in [1.54, 1.807) is 19.2 Å². The highest BCUT2D eigenvalue weighted by atomic mass is 19.1. The minimum absolute atomic E-state index is 0.174. The molecule has 3 aromatic rings. The van der Waals surface area contributed by atoms with Gasteiger partial charge in [-0.1, -0.05) is 12.1 Å². The summed E-state index contributed by atoms with van der Waals surface area (Å²) in [5.41, 5.74) is 3.47. The molecule has 1 N–H and O–H groups in total. The van der Waals surface area contributed by atoms with Crippen LogP contribution in [0.4, 0.5) is 4.39 Å². The fourth-order valence-electron chi connectivity index (χ4n) is 2.49. The number of hydrogen-bond acceptors (Lipinski definition) is 3. The molecule has 2 aromatic heterocycles. The van der Waals surface area contributed by atoms with Gasteiger partial charge in [0, 0.05) is 30.9 Å². The number of methoxy groups -OCH3 is 1. The van der Waals surface area contributed by atoms with Gasteiger partial charge in [-0.2, -0.15) is 0 Å². The SMILES string of the molecule is COCCc1cc(=O)n2[nH]c(C)c(-c3ccc(F)cc3)c2n1. The Morgan fingerprint density at radius 3 is 2.73 bits per heavy atom. The molecule has 0 radical (unpaired) electrons. The predicted octanol–water partition coefficient (Wildman–Crippen LogP) is 2.33. The van der Waals surface area contributed by atoms with Crippen molar-refractivity contribution in [1.82, 2.24) is 14.6 Å². The van der Waals surface area contributed by atoms with Crippen LogP contribution in [0.15, 0.2) is 35.1 Å². The number of halogens is 1. The average Bonchev–Trinajstić information content (AvgIpc) is 2.83. The molecule has 6 heteroatoms. The number of ether oxygens (including phenoxy) is 1. The van der Waals surface area contributed by atoms with Gasteiger partial charge in [-0.15, -0.1) is 0 Å². The Bertz CT molecular complexity index is 865. The fraction of sp³-hybridized carbons (Fsp3) is 0.250. The lowest BCUT2D eigenvalue weighted by Gasteiger charge is -2.03. The minimum atomic E-state index is -0.299. The number of nitrogens with one attached hydrogen (secondary N) is 1. The number of benzene rings is 1. The molecule has 1 aromatic carbocycles. The lowest BCUT2D eigenvalue weighted by Crippen LogP contribution is -2.16. The highest BCUT2D eigenvalue weighted by Crippen LogP contribution is 2.26. The van der Waals surface area contributed by atoms with Gasteiger partial charge in [0.2, 0.25) is 0 Å². The molecule has 0 aliphatic carbocycles. The van der Waals surface area contributed by atoms with Gasteiger partial charge < -0.3 is 4.74 Å². The summed E-state index contributed by atoms with van der Waals surface area (Å²) < 4.78 is 19.6. The molecule has 3 rings (SSSR count). The molecule has 0 unspecified atom stereocenters. The van der Waals surface area contributed by atoms with Crippen molar-refractivity contribution >= 4 is 5.65 Å². The van der Waals surface area contributed by atoms with Gasteiger partial charge in [0.05, 0.1) is 12.3 Å². The number of aromatic nitrogens is 3. The van der Waals surface area contributed by atoms with Gasteiger partial charge in [0.25, 0.3) is 5.56 Å². The number of nitrogens with zero attached hydrogens (tertiary/aromatic N) is 2. The lowest BCUT2D eigenvalue weighted by molar-refractivity contribution is 0.201. The molecule has 0 saturated heterocycles. The Balaban J connectivity index is 2.20. The van der Waals surface area contributed by atoms with Crippen molar-refractivity contribution in [3.8, 4) is 11.1 Å². The van der Waals surface area contributed by atoms with E-state index in [1.807, 2.05) is 6.92 Å². The summed E-state index contributed by atoms with van der Waals surface area (Å²) in [4.78, 5) is 16.8. The first-order valence-corrected chi connectivity index (χ1v) is 6.96. The van der Waals surface area contributed by atoms with E-state index in [4.69, 9.17) is 4.74 Å². The maximum Gasteiger partial charge on any atom is 0.272 e. The molecule has 0 spiro atoms. The van der Waals surface area contributed by atoms with Crippen LogP contribution in [0.3, 0.4) is 0 Å². The third-order valence-electron chi connectivity index (χ3n) is 3.55. The van der Waals surface area contributed by atoms with Crippen molar-refractivity contribution < 1.29 is 9.13 Å². The molecule has 22 heavy (non-hydrogen) atoms. The molecule has 0 fully saturated rings. The first-order valence-electron chi connectivity index (χ1n) is 6.96. The van der Waals surface area contributed by atoms with Crippen molar-refractivity contribution in [2.75, 3.05) is 13.7 Å². The first kappa shape index (κ1) is 14.5. The normalized spacial score (nSPS) is 11.2. The molecule has 0 bridgehead atoms. The molecule has 114 valence electrons. The molecular formula is C16H16FN3O2. The molecule has 2 heterocycles. The van der Waals surface area contributed by atoms with Gasteiger partial charge >= 0.3 is 0 Å². The van der Waals surface area contributed by atoms with Gasteiger partial charge in [-0.3, -0.25) is 9.89 Å². The topological polar surface area (TPSA) is 59.4 Å². The van der Waals surface area contributed by atoms with Crippen LogP contribution >= 0.6 is 0 Å². The van der Waals surface area contributed by atoms with Crippen LogP contribution in [0.5, 0.6) is 0 Å². The van der Waals surface area contributed by atoms with Crippen molar-refractivity contribution in [3.63, 3.8) is 0 Å². The third-order valence-corrected chi connectivity index (χ3v) is 3.55. The van der Waals surface area contributed by atoms with Gasteiger partial charge in [0.1, 0.15) is 5.82 Å². The largest absolute Gasteiger partial charge is 0.384 e. The molecule has 0 atom stereocenters. The quantitative estimate of drug-likeness (QED) is 0.804. The maximum atomic E-state index is 13.1. The molecule has 5 nitrogen and oxygen atoms in total. The summed E-state index contributed by atoms with van der Waals surface area (Å²) in [7, 11) is 1.61. The van der Waals surface area contributed by atoms with E-state index in [-0.39, 0.29) is 11.4 Å². The maximum absolute atomic E-state index is 13.1. The van der Waals surface area contributed by atoms with Crippen LogP contribution in [0.1, 0.15) is 11.4 Å². The Kier molecular flexibility index (Phi) is 3.77. The average molecular weight is 301 g/mol. The fourth-order valence-corrected chi connectivity index (χ4v) is 2.49. The Labute approximate surface area is 126 Å². The smallest absolute Gasteiger partial charge is 0.272 e. The zero-order valence-corrected chi connectivity index (χ0v) is 12.4. The summed E-state index contributed by atoms with van der Waals surface area (Å²) in [6.45, 7) is 2.36. The van der Waals surface area contributed by atoms with Crippen molar-refractivity contribution in [2.24, 2.45) is 0 Å². The summed E-state index contributed by atoms with van der Waals surface area (Å²) in [5.74, 6) is -0.299. The molecular weight excluding hydrogens is 285 g/mol. The Morgan fingerprint density at radius 2 is 2.05 bits per heavy atom. The lowest BCUT2D eigenvalue weighted by atomic mass is 10.1. The minimum Gasteiger partial charge on any atom is -0.384 e. The monoisotopic (exact) mass is 301 g/mol. The number of aromatic amines is 1. The van der Waals surface area contributed by atoms with Crippen LogP contribution in [0.25, 0.3) is 16.8 Å². The van der Waals surface area contributed by atoms with E-state index in [9.17, 15) is 9.18 Å². The summed E-state index contributed by atoms with van der Waals surface area (Å²) >= 11 is 0. The summed E-state index contributed by atoms with van der Waals surface area (Å²) in [6.07, 6.45) is 0.565. The van der Waals surface area contributed by atoms with Crippen LogP contribution in [-0.2, 0) is 11.2 Å². The second-order valence-electron chi connectivity index (χ2n) is 5.11. The Hall–Kier alpha value is -2.47. The second kappa shape index (κ2) is 5.73. The summed E-state index contributed by atoms with van der Waals surface area (Å²) in [6, 6.07) is 7.64. The number of fused-ring (bicyclic) bond motifs is 1. The van der Waals surface area contributed by atoms with E-state index in [0.717, 1.165) is 16.8 Å². The molecule has 0 amide bonds. The molecule has 0 saturated carbocycles. The second-order valence-corrected chi connectivity index (χ2v) is 5.11. The van der Waals surface area contributed by atoms with Crippen LogP contribution < -0.4 is 5.56 Å². The summed E-state index contributed by atoms with van der Waals surface area (Å²) in [5, 5.41) is 3.01. The van der Waals surface area contributed by atoms with Crippen LogP contribution in [0, 0.1) is 12.7 Å². The zero-order valence-electron chi connectivity index (χ0n) is 12.4. The van der Waals surface area contributed by atoms with E-state index in [0.29, 0.717) is 24.4 Å². The zero-order chi connectivity index (χ0) is 15.7. The number of H-pyrrole nitrogens is 1. The standard InChI is InChI=1S/C16H16FN3O2/c1-10-15(11-3-5-12(17)6-4-11)16-18-13(7-8-22-2)9-14(21)20(16)19-10/h3-6,9,19H,7-8H2,1-2H3.